The quantitative estimate of drug-likeness (QED) is 0.489. The summed E-state index contributed by atoms with van der Waals surface area (Å²) in [7, 11) is 0. The minimum Gasteiger partial charge on any atom is -0.456 e. The Morgan fingerprint density at radius 1 is 1.12 bits per heavy atom. The Labute approximate surface area is 91.8 Å². The number of fused-ring (bicyclic) bond motifs is 1. The number of cyclic esters (lactones) is 1. The summed E-state index contributed by atoms with van der Waals surface area (Å²) in [4.78, 5) is 32.4. The number of hydrogen-bond donors (Lipinski definition) is 0. The number of hydrogen-bond acceptors (Lipinski definition) is 5. The van der Waals surface area contributed by atoms with Gasteiger partial charge in [0.25, 0.3) is 0 Å². The van der Waals surface area contributed by atoms with Crippen molar-refractivity contribution in [3.8, 4) is 0 Å². The van der Waals surface area contributed by atoms with Crippen molar-refractivity contribution in [3.63, 3.8) is 0 Å². The van der Waals surface area contributed by atoms with Crippen molar-refractivity contribution in [2.75, 3.05) is 6.61 Å². The smallest absolute Gasteiger partial charge is 0.373 e. The average molecular weight is 222 g/mol. The Hall–Kier alpha value is -1.88. The van der Waals surface area contributed by atoms with E-state index in [-0.39, 0.29) is 17.7 Å². The molecule has 1 atom stereocenters. The van der Waals surface area contributed by atoms with Crippen LogP contribution in [0.1, 0.15) is 27.6 Å². The molecule has 84 valence electrons. The molecule has 0 aromatic heterocycles. The lowest BCUT2D eigenvalue weighted by molar-refractivity contribution is -0.251. The molecule has 0 spiro atoms. The fraction of sp³-hybridized carbons (Fsp3) is 0.273. The molecule has 0 amide bonds. The van der Waals surface area contributed by atoms with Crippen LogP contribution < -0.4 is 0 Å². The second-order valence-corrected chi connectivity index (χ2v) is 3.42. The number of carbonyl (C=O) groups is 2. The van der Waals surface area contributed by atoms with E-state index < -0.39 is 18.0 Å². The molecular weight excluding hydrogens is 212 g/mol. The van der Waals surface area contributed by atoms with Crippen LogP contribution in [-0.2, 0) is 14.5 Å². The van der Waals surface area contributed by atoms with Gasteiger partial charge < -0.3 is 4.74 Å². The third-order valence-corrected chi connectivity index (χ3v) is 2.11. The second-order valence-electron chi connectivity index (χ2n) is 3.42. The van der Waals surface area contributed by atoms with Gasteiger partial charge in [0.05, 0.1) is 11.1 Å². The van der Waals surface area contributed by atoms with Crippen molar-refractivity contribution in [2.24, 2.45) is 0 Å². The van der Waals surface area contributed by atoms with Crippen molar-refractivity contribution in [2.45, 2.75) is 13.0 Å². The van der Waals surface area contributed by atoms with Gasteiger partial charge in [-0.1, -0.05) is 12.1 Å². The predicted molar refractivity (Wildman–Crippen MR) is 52.7 cm³/mol. The third-order valence-electron chi connectivity index (χ3n) is 2.11. The van der Waals surface area contributed by atoms with E-state index in [1.165, 1.54) is 12.1 Å². The monoisotopic (exact) mass is 222 g/mol. The van der Waals surface area contributed by atoms with Gasteiger partial charge in [0, 0.05) is 0 Å². The standard InChI is InChI=1S/C11H10O5/c1-7-6-14-16-11(13)9-5-3-2-4-8(9)10(12)15-7/h2-5,7H,6H2,1H3. The van der Waals surface area contributed by atoms with Crippen LogP contribution in [0.3, 0.4) is 0 Å². The van der Waals surface area contributed by atoms with E-state index in [1.54, 1.807) is 19.1 Å². The summed E-state index contributed by atoms with van der Waals surface area (Å²) in [5.74, 6) is -1.24. The molecule has 1 aromatic carbocycles. The summed E-state index contributed by atoms with van der Waals surface area (Å²) in [5, 5.41) is 0. The van der Waals surface area contributed by atoms with Crippen LogP contribution in [0.25, 0.3) is 0 Å². The van der Waals surface area contributed by atoms with E-state index in [0.29, 0.717) is 0 Å². The number of ether oxygens (including phenoxy) is 1. The van der Waals surface area contributed by atoms with Crippen molar-refractivity contribution < 1.29 is 24.1 Å². The highest BCUT2D eigenvalue weighted by Crippen LogP contribution is 2.15. The maximum Gasteiger partial charge on any atom is 0.373 e. The Bertz CT molecular complexity index is 426. The Balaban J connectivity index is 2.42. The summed E-state index contributed by atoms with van der Waals surface area (Å²) in [6.45, 7) is 1.67. The van der Waals surface area contributed by atoms with Gasteiger partial charge in [-0.15, -0.1) is 0 Å². The van der Waals surface area contributed by atoms with Crippen LogP contribution in [0.15, 0.2) is 24.3 Å². The Morgan fingerprint density at radius 2 is 1.75 bits per heavy atom. The second kappa shape index (κ2) is 4.32. The van der Waals surface area contributed by atoms with E-state index in [0.717, 1.165) is 0 Å². The fourth-order valence-corrected chi connectivity index (χ4v) is 1.35. The molecule has 0 bridgehead atoms. The summed E-state index contributed by atoms with van der Waals surface area (Å²) >= 11 is 0. The molecule has 1 aromatic rings. The van der Waals surface area contributed by atoms with Gasteiger partial charge in [-0.25, -0.2) is 9.59 Å². The van der Waals surface area contributed by atoms with Gasteiger partial charge >= 0.3 is 11.9 Å². The third kappa shape index (κ3) is 2.04. The SMILES string of the molecule is CC1COOC(=O)c2ccccc2C(=O)O1. The van der Waals surface area contributed by atoms with Crippen LogP contribution in [-0.4, -0.2) is 24.6 Å². The molecule has 16 heavy (non-hydrogen) atoms. The molecule has 0 aliphatic carbocycles. The minimum atomic E-state index is -0.693. The lowest BCUT2D eigenvalue weighted by Crippen LogP contribution is -2.19. The van der Waals surface area contributed by atoms with Crippen LogP contribution in [0.5, 0.6) is 0 Å². The highest BCUT2D eigenvalue weighted by atomic mass is 17.2. The number of benzene rings is 1. The van der Waals surface area contributed by atoms with E-state index >= 15 is 0 Å². The van der Waals surface area contributed by atoms with Crippen molar-refractivity contribution >= 4 is 11.9 Å². The van der Waals surface area contributed by atoms with Gasteiger partial charge in [0.15, 0.2) is 0 Å². The Morgan fingerprint density at radius 3 is 2.44 bits per heavy atom. The van der Waals surface area contributed by atoms with Crippen LogP contribution in [0.4, 0.5) is 0 Å². The maximum absolute atomic E-state index is 11.7. The minimum absolute atomic E-state index is 0.0193. The zero-order chi connectivity index (χ0) is 11.5. The summed E-state index contributed by atoms with van der Waals surface area (Å²) in [5.41, 5.74) is 0.325. The molecular formula is C11H10O5. The van der Waals surface area contributed by atoms with E-state index in [9.17, 15) is 9.59 Å². The number of rotatable bonds is 0. The van der Waals surface area contributed by atoms with Gasteiger partial charge in [0.1, 0.15) is 12.7 Å². The molecule has 1 heterocycles. The lowest BCUT2D eigenvalue weighted by Gasteiger charge is -2.09. The molecule has 5 nitrogen and oxygen atoms in total. The number of esters is 1. The van der Waals surface area contributed by atoms with Gasteiger partial charge in [-0.2, -0.15) is 4.89 Å². The molecule has 5 heteroatoms. The van der Waals surface area contributed by atoms with Gasteiger partial charge in [0.2, 0.25) is 0 Å². The zero-order valence-corrected chi connectivity index (χ0v) is 8.64. The summed E-state index contributed by atoms with van der Waals surface area (Å²) in [6, 6.07) is 6.28. The van der Waals surface area contributed by atoms with Gasteiger partial charge in [-0.3, -0.25) is 4.89 Å². The lowest BCUT2D eigenvalue weighted by atomic mass is 10.1. The maximum atomic E-state index is 11.7. The molecule has 1 aliphatic heterocycles. The van der Waals surface area contributed by atoms with Crippen LogP contribution in [0.2, 0.25) is 0 Å². The topological polar surface area (TPSA) is 61.8 Å². The molecule has 1 aliphatic rings. The first-order valence-electron chi connectivity index (χ1n) is 4.82. The Kier molecular flexibility index (Phi) is 2.87. The van der Waals surface area contributed by atoms with Crippen molar-refractivity contribution in [1.29, 1.82) is 0 Å². The highest BCUT2D eigenvalue weighted by molar-refractivity contribution is 6.03. The van der Waals surface area contributed by atoms with Crippen LogP contribution >= 0.6 is 0 Å². The first-order chi connectivity index (χ1) is 7.68. The summed E-state index contributed by atoms with van der Waals surface area (Å²) < 4.78 is 5.05. The zero-order valence-electron chi connectivity index (χ0n) is 8.64. The van der Waals surface area contributed by atoms with Crippen molar-refractivity contribution in [3.05, 3.63) is 35.4 Å². The number of carbonyl (C=O) groups excluding carboxylic acids is 2. The first-order valence-corrected chi connectivity index (χ1v) is 4.82. The molecule has 2 rings (SSSR count). The van der Waals surface area contributed by atoms with Crippen molar-refractivity contribution in [1.82, 2.24) is 0 Å². The largest absolute Gasteiger partial charge is 0.456 e. The van der Waals surface area contributed by atoms with Crippen LogP contribution in [0, 0.1) is 0 Å². The van der Waals surface area contributed by atoms with E-state index in [2.05, 4.69) is 9.78 Å². The summed E-state index contributed by atoms with van der Waals surface area (Å²) in [6.07, 6.45) is -0.466. The van der Waals surface area contributed by atoms with Gasteiger partial charge in [-0.05, 0) is 19.1 Å². The average Bonchev–Trinajstić information content (AvgIpc) is 2.32. The molecule has 0 saturated heterocycles. The normalized spacial score (nSPS) is 20.9. The predicted octanol–water partition coefficient (Wildman–Crippen LogP) is 1.33. The van der Waals surface area contributed by atoms with E-state index in [1.807, 2.05) is 0 Å². The molecule has 1 unspecified atom stereocenters. The molecule has 0 radical (unpaired) electrons. The van der Waals surface area contributed by atoms with E-state index in [4.69, 9.17) is 4.74 Å². The highest BCUT2D eigenvalue weighted by Gasteiger charge is 2.23. The molecule has 0 saturated carbocycles. The molecule has 0 fully saturated rings. The fourth-order valence-electron chi connectivity index (χ4n) is 1.35. The first kappa shape index (κ1) is 10.6. The molecule has 0 N–H and O–H groups in total.